The molecule has 3 fully saturated rings. The summed E-state index contributed by atoms with van der Waals surface area (Å²) in [5.74, 6) is 3.02. The van der Waals surface area contributed by atoms with Crippen molar-refractivity contribution in [3.8, 4) is 0 Å². The van der Waals surface area contributed by atoms with Crippen LogP contribution in [0, 0.1) is 17.3 Å². The fraction of sp³-hybridized carbons (Fsp3) is 0.895. The lowest BCUT2D eigenvalue weighted by Gasteiger charge is -2.41. The number of hydrogen-bond acceptors (Lipinski definition) is 2. The highest BCUT2D eigenvalue weighted by Gasteiger charge is 2.42. The zero-order valence-corrected chi connectivity index (χ0v) is 18.2. The van der Waals surface area contributed by atoms with E-state index >= 15 is 0 Å². The molecule has 2 N–H and O–H groups in total. The number of rotatable bonds is 3. The number of carbonyl (C=O) groups is 1. The smallest absolute Gasteiger partial charge is 0.220 e. The second-order valence-corrected chi connectivity index (χ2v) is 8.38. The van der Waals surface area contributed by atoms with Crippen LogP contribution in [0.5, 0.6) is 0 Å². The highest BCUT2D eigenvalue weighted by molar-refractivity contribution is 14.0. The number of hydrogen-bond donors (Lipinski definition) is 2. The summed E-state index contributed by atoms with van der Waals surface area (Å²) >= 11 is 0. The molecule has 0 radical (unpaired) electrons. The Kier molecular flexibility index (Phi) is 7.83. The van der Waals surface area contributed by atoms with Crippen molar-refractivity contribution in [1.82, 2.24) is 15.5 Å². The number of amides is 1. The van der Waals surface area contributed by atoms with Gasteiger partial charge in [0, 0.05) is 45.1 Å². The van der Waals surface area contributed by atoms with Crippen molar-refractivity contribution in [1.29, 1.82) is 0 Å². The normalized spacial score (nSPS) is 33.1. The Labute approximate surface area is 169 Å². The topological polar surface area (TPSA) is 56.7 Å². The van der Waals surface area contributed by atoms with E-state index in [0.717, 1.165) is 56.8 Å². The molecule has 5 nitrogen and oxygen atoms in total. The molecule has 0 aromatic carbocycles. The van der Waals surface area contributed by atoms with Crippen LogP contribution in [0.25, 0.3) is 0 Å². The summed E-state index contributed by atoms with van der Waals surface area (Å²) in [7, 11) is 1.88. The molecule has 3 rings (SSSR count). The van der Waals surface area contributed by atoms with Crippen molar-refractivity contribution in [3.63, 3.8) is 0 Å². The van der Waals surface area contributed by atoms with Crippen LogP contribution >= 0.6 is 24.0 Å². The molecular weight excluding hydrogens is 427 g/mol. The molecular formula is C19H35IN4O. The molecule has 3 atom stereocenters. The second kappa shape index (κ2) is 9.42. The second-order valence-electron chi connectivity index (χ2n) is 8.38. The van der Waals surface area contributed by atoms with Crippen LogP contribution in [0.4, 0.5) is 0 Å². The van der Waals surface area contributed by atoms with E-state index in [0.29, 0.717) is 6.42 Å². The Morgan fingerprint density at radius 2 is 2.24 bits per heavy atom. The molecule has 3 aliphatic rings. The van der Waals surface area contributed by atoms with E-state index in [-0.39, 0.29) is 35.3 Å². The number of halogens is 1. The predicted octanol–water partition coefficient (Wildman–Crippen LogP) is 3.00. The van der Waals surface area contributed by atoms with Gasteiger partial charge in [0.25, 0.3) is 0 Å². The minimum Gasteiger partial charge on any atom is -0.356 e. The molecule has 2 heterocycles. The molecule has 1 aliphatic carbocycles. The highest BCUT2D eigenvalue weighted by atomic mass is 127. The lowest BCUT2D eigenvalue weighted by atomic mass is 9.79. The quantitative estimate of drug-likeness (QED) is 0.385. The SMILES string of the molecule is CN=C(NCCC1CCCC(C)C1)N1CCCC2(CNC(=O)C2)C1.I. The van der Waals surface area contributed by atoms with Crippen LogP contribution in [0.3, 0.4) is 0 Å². The first-order valence-electron chi connectivity index (χ1n) is 9.82. The fourth-order valence-electron chi connectivity index (χ4n) is 4.97. The van der Waals surface area contributed by atoms with Gasteiger partial charge in [-0.3, -0.25) is 9.79 Å². The largest absolute Gasteiger partial charge is 0.356 e. The van der Waals surface area contributed by atoms with Crippen molar-refractivity contribution in [2.75, 3.05) is 33.2 Å². The first-order chi connectivity index (χ1) is 11.6. The number of guanidine groups is 1. The molecule has 0 aromatic heterocycles. The summed E-state index contributed by atoms with van der Waals surface area (Å²) in [6.07, 6.45) is 9.83. The highest BCUT2D eigenvalue weighted by Crippen LogP contribution is 2.36. The number of aliphatic imine (C=N–C) groups is 1. The van der Waals surface area contributed by atoms with Crippen LogP contribution < -0.4 is 10.6 Å². The minimum absolute atomic E-state index is 0. The standard InChI is InChI=1S/C19H34N4O.HI/c1-15-5-3-6-16(11-15)7-9-21-18(20-2)23-10-4-8-19(14-23)12-17(24)22-13-19;/h15-16H,3-14H2,1-2H3,(H,20,21)(H,22,24);1H. The van der Waals surface area contributed by atoms with E-state index in [1.807, 2.05) is 7.05 Å². The number of likely N-dealkylation sites (tertiary alicyclic amines) is 1. The molecule has 1 amide bonds. The van der Waals surface area contributed by atoms with Crippen LogP contribution in [-0.4, -0.2) is 50.0 Å². The van der Waals surface area contributed by atoms with Crippen molar-refractivity contribution >= 4 is 35.8 Å². The Bertz CT molecular complexity index is 484. The number of carbonyl (C=O) groups excluding carboxylic acids is 1. The number of piperidine rings is 1. The van der Waals surface area contributed by atoms with Gasteiger partial charge in [0.1, 0.15) is 0 Å². The van der Waals surface area contributed by atoms with Gasteiger partial charge in [-0.25, -0.2) is 0 Å². The zero-order chi connectivity index (χ0) is 17.0. The summed E-state index contributed by atoms with van der Waals surface area (Å²) < 4.78 is 0. The summed E-state index contributed by atoms with van der Waals surface area (Å²) in [6, 6.07) is 0. The van der Waals surface area contributed by atoms with Gasteiger partial charge >= 0.3 is 0 Å². The number of nitrogens with zero attached hydrogens (tertiary/aromatic N) is 2. The summed E-state index contributed by atoms with van der Waals surface area (Å²) in [5.41, 5.74) is 0.131. The average molecular weight is 462 g/mol. The van der Waals surface area contributed by atoms with Gasteiger partial charge in [0.15, 0.2) is 5.96 Å². The van der Waals surface area contributed by atoms with Crippen LogP contribution in [0.1, 0.15) is 58.3 Å². The molecule has 3 unspecified atom stereocenters. The van der Waals surface area contributed by atoms with Crippen molar-refractivity contribution < 1.29 is 4.79 Å². The molecule has 1 saturated carbocycles. The Morgan fingerprint density at radius 1 is 1.40 bits per heavy atom. The molecule has 2 saturated heterocycles. The van der Waals surface area contributed by atoms with E-state index < -0.39 is 0 Å². The first kappa shape index (κ1) is 20.8. The zero-order valence-electron chi connectivity index (χ0n) is 15.9. The first-order valence-corrected chi connectivity index (χ1v) is 9.82. The lowest BCUT2D eigenvalue weighted by molar-refractivity contribution is -0.119. The van der Waals surface area contributed by atoms with E-state index in [1.54, 1.807) is 0 Å². The van der Waals surface area contributed by atoms with Crippen LogP contribution in [-0.2, 0) is 4.79 Å². The third kappa shape index (κ3) is 5.47. The van der Waals surface area contributed by atoms with Gasteiger partial charge in [-0.1, -0.05) is 26.2 Å². The van der Waals surface area contributed by atoms with Crippen molar-refractivity contribution in [2.45, 2.75) is 58.3 Å². The van der Waals surface area contributed by atoms with Crippen LogP contribution in [0.15, 0.2) is 4.99 Å². The maximum absolute atomic E-state index is 11.7. The minimum atomic E-state index is 0. The van der Waals surface area contributed by atoms with Gasteiger partial charge in [0.2, 0.25) is 5.91 Å². The average Bonchev–Trinajstić information content (AvgIpc) is 2.92. The molecule has 6 heteroatoms. The molecule has 144 valence electrons. The van der Waals surface area contributed by atoms with Gasteiger partial charge < -0.3 is 15.5 Å². The summed E-state index contributed by atoms with van der Waals surface area (Å²) in [4.78, 5) is 18.5. The molecule has 0 aromatic rings. The van der Waals surface area contributed by atoms with E-state index in [2.05, 4.69) is 27.4 Å². The molecule has 2 aliphatic heterocycles. The van der Waals surface area contributed by atoms with Crippen LogP contribution in [0.2, 0.25) is 0 Å². The summed E-state index contributed by atoms with van der Waals surface area (Å²) in [5, 5.41) is 6.61. The van der Waals surface area contributed by atoms with Crippen molar-refractivity contribution in [3.05, 3.63) is 0 Å². The lowest BCUT2D eigenvalue weighted by Crippen LogP contribution is -2.51. The third-order valence-corrected chi connectivity index (χ3v) is 6.25. The Balaban J connectivity index is 0.00000225. The maximum atomic E-state index is 11.7. The fourth-order valence-corrected chi connectivity index (χ4v) is 4.97. The van der Waals surface area contributed by atoms with Gasteiger partial charge in [-0.2, -0.15) is 0 Å². The maximum Gasteiger partial charge on any atom is 0.220 e. The van der Waals surface area contributed by atoms with E-state index in [9.17, 15) is 4.79 Å². The van der Waals surface area contributed by atoms with E-state index in [1.165, 1.54) is 32.1 Å². The number of nitrogens with one attached hydrogen (secondary N) is 2. The van der Waals surface area contributed by atoms with Gasteiger partial charge in [-0.15, -0.1) is 24.0 Å². The Hall–Kier alpha value is -0.530. The molecule has 1 spiro atoms. The van der Waals surface area contributed by atoms with Gasteiger partial charge in [-0.05, 0) is 37.5 Å². The Morgan fingerprint density at radius 3 is 2.92 bits per heavy atom. The summed E-state index contributed by atoms with van der Waals surface area (Å²) in [6.45, 7) is 6.24. The molecule has 25 heavy (non-hydrogen) atoms. The third-order valence-electron chi connectivity index (χ3n) is 6.25. The van der Waals surface area contributed by atoms with Gasteiger partial charge in [0.05, 0.1) is 0 Å². The van der Waals surface area contributed by atoms with Crippen molar-refractivity contribution in [2.24, 2.45) is 22.2 Å². The monoisotopic (exact) mass is 462 g/mol. The van der Waals surface area contributed by atoms with E-state index in [4.69, 9.17) is 0 Å². The molecule has 0 bridgehead atoms. The predicted molar refractivity (Wildman–Crippen MR) is 113 cm³/mol.